The molecule has 7 nitrogen and oxygen atoms in total. The van der Waals surface area contributed by atoms with Gasteiger partial charge in [-0.15, -0.1) is 0 Å². The van der Waals surface area contributed by atoms with Crippen LogP contribution >= 0.6 is 23.4 Å². The highest BCUT2D eigenvalue weighted by Crippen LogP contribution is 2.31. The van der Waals surface area contributed by atoms with Crippen LogP contribution in [0.4, 0.5) is 15.9 Å². The van der Waals surface area contributed by atoms with E-state index in [9.17, 15) is 18.8 Å². The van der Waals surface area contributed by atoms with Gasteiger partial charge in [-0.1, -0.05) is 53.7 Å². The number of aromatic nitrogens is 2. The molecule has 0 fully saturated rings. The normalized spacial score (nSPS) is 15.2. The van der Waals surface area contributed by atoms with Crippen LogP contribution in [0.5, 0.6) is 0 Å². The maximum atomic E-state index is 13.9. The summed E-state index contributed by atoms with van der Waals surface area (Å²) >= 11 is 7.39. The van der Waals surface area contributed by atoms with Gasteiger partial charge in [0.25, 0.3) is 5.56 Å². The number of rotatable bonds is 5. The summed E-state index contributed by atoms with van der Waals surface area (Å²) in [5, 5.41) is 5.86. The first-order chi connectivity index (χ1) is 14.9. The number of carbonyl (C=O) groups excluding carboxylic acids is 2. The number of hydrogen-bond donors (Lipinski definition) is 3. The van der Waals surface area contributed by atoms with Gasteiger partial charge in [0.15, 0.2) is 5.16 Å². The van der Waals surface area contributed by atoms with Gasteiger partial charge in [0.1, 0.15) is 11.6 Å². The number of hydrogen-bond acceptors (Lipinski definition) is 5. The Morgan fingerprint density at radius 2 is 1.94 bits per heavy atom. The van der Waals surface area contributed by atoms with E-state index in [1.807, 2.05) is 18.2 Å². The molecule has 0 spiro atoms. The number of nitrogens with one attached hydrogen (secondary N) is 3. The highest BCUT2D eigenvalue weighted by Gasteiger charge is 2.35. The summed E-state index contributed by atoms with van der Waals surface area (Å²) in [6.45, 7) is 0. The molecule has 0 saturated carbocycles. The molecule has 0 saturated heterocycles. The lowest BCUT2D eigenvalue weighted by Crippen LogP contribution is -2.36. The van der Waals surface area contributed by atoms with E-state index >= 15 is 0 Å². The van der Waals surface area contributed by atoms with Gasteiger partial charge in [-0.05, 0) is 23.8 Å². The van der Waals surface area contributed by atoms with Gasteiger partial charge in [-0.3, -0.25) is 14.4 Å². The fourth-order valence-corrected chi connectivity index (χ4v) is 4.33. The minimum Gasteiger partial charge on any atom is -0.323 e. The van der Waals surface area contributed by atoms with Crippen molar-refractivity contribution in [2.75, 3.05) is 10.6 Å². The Morgan fingerprint density at radius 1 is 1.19 bits per heavy atom. The second-order valence-electron chi connectivity index (χ2n) is 6.79. The number of anilines is 2. The van der Waals surface area contributed by atoms with Crippen molar-refractivity contribution in [3.8, 4) is 0 Å². The topological polar surface area (TPSA) is 104 Å². The van der Waals surface area contributed by atoms with Crippen molar-refractivity contribution in [2.45, 2.75) is 23.2 Å². The van der Waals surface area contributed by atoms with Gasteiger partial charge in [0.05, 0.1) is 17.2 Å². The van der Waals surface area contributed by atoms with E-state index in [1.54, 1.807) is 12.1 Å². The first kappa shape index (κ1) is 21.1. The third kappa shape index (κ3) is 4.62. The molecule has 10 heteroatoms. The number of amides is 2. The fourth-order valence-electron chi connectivity index (χ4n) is 3.19. The van der Waals surface area contributed by atoms with E-state index in [0.717, 1.165) is 5.56 Å². The van der Waals surface area contributed by atoms with E-state index in [-0.39, 0.29) is 28.6 Å². The molecule has 1 aliphatic heterocycles. The molecule has 158 valence electrons. The SMILES string of the molecule is O=C1C[C@H](C(=O)Nc2ccccc2F)c2c(nc(SCc3ccccc3Cl)[nH]c2=O)N1. The van der Waals surface area contributed by atoms with Crippen LogP contribution in [0.2, 0.25) is 5.02 Å². The van der Waals surface area contributed by atoms with Crippen LogP contribution in [0.25, 0.3) is 0 Å². The van der Waals surface area contributed by atoms with Crippen LogP contribution in [-0.2, 0) is 15.3 Å². The van der Waals surface area contributed by atoms with Gasteiger partial charge < -0.3 is 15.6 Å². The van der Waals surface area contributed by atoms with Crippen molar-refractivity contribution < 1.29 is 14.0 Å². The minimum atomic E-state index is -1.10. The molecule has 1 aromatic heterocycles. The van der Waals surface area contributed by atoms with Crippen molar-refractivity contribution in [2.24, 2.45) is 0 Å². The summed E-state index contributed by atoms with van der Waals surface area (Å²) in [5.74, 6) is -2.36. The number of thioether (sulfide) groups is 1. The van der Waals surface area contributed by atoms with Crippen LogP contribution in [0.1, 0.15) is 23.5 Å². The molecule has 1 aliphatic rings. The summed E-state index contributed by atoms with van der Waals surface area (Å²) in [7, 11) is 0. The van der Waals surface area contributed by atoms with Crippen molar-refractivity contribution in [1.82, 2.24) is 9.97 Å². The van der Waals surface area contributed by atoms with E-state index in [0.29, 0.717) is 10.8 Å². The molecular weight excluding hydrogens is 443 g/mol. The van der Waals surface area contributed by atoms with Gasteiger partial charge in [-0.2, -0.15) is 0 Å². The van der Waals surface area contributed by atoms with Crippen LogP contribution in [0, 0.1) is 5.82 Å². The molecule has 2 heterocycles. The van der Waals surface area contributed by atoms with Crippen molar-refractivity contribution in [1.29, 1.82) is 0 Å². The number of fused-ring (bicyclic) bond motifs is 1. The van der Waals surface area contributed by atoms with Crippen molar-refractivity contribution in [3.05, 3.63) is 80.9 Å². The number of nitrogens with zero attached hydrogens (tertiary/aromatic N) is 1. The molecule has 0 radical (unpaired) electrons. The van der Waals surface area contributed by atoms with E-state index in [2.05, 4.69) is 20.6 Å². The summed E-state index contributed by atoms with van der Waals surface area (Å²) in [4.78, 5) is 44.6. The highest BCUT2D eigenvalue weighted by molar-refractivity contribution is 7.98. The van der Waals surface area contributed by atoms with Crippen LogP contribution in [0.15, 0.2) is 58.5 Å². The smallest absolute Gasteiger partial charge is 0.257 e. The zero-order chi connectivity index (χ0) is 22.0. The molecule has 2 amide bonds. The second kappa shape index (κ2) is 8.91. The largest absolute Gasteiger partial charge is 0.323 e. The molecule has 31 heavy (non-hydrogen) atoms. The van der Waals surface area contributed by atoms with Crippen LogP contribution in [0.3, 0.4) is 0 Å². The Morgan fingerprint density at radius 3 is 2.71 bits per heavy atom. The first-order valence-corrected chi connectivity index (χ1v) is 10.6. The Kier molecular flexibility index (Phi) is 6.06. The lowest BCUT2D eigenvalue weighted by Gasteiger charge is -2.23. The lowest BCUT2D eigenvalue weighted by molar-refractivity contribution is -0.123. The predicted octanol–water partition coefficient (Wildman–Crippen LogP) is 3.92. The van der Waals surface area contributed by atoms with Gasteiger partial charge in [0.2, 0.25) is 11.8 Å². The maximum absolute atomic E-state index is 13.9. The monoisotopic (exact) mass is 458 g/mol. The quantitative estimate of drug-likeness (QED) is 0.397. The predicted molar refractivity (Wildman–Crippen MR) is 117 cm³/mol. The fraction of sp³-hybridized carbons (Fsp3) is 0.143. The summed E-state index contributed by atoms with van der Waals surface area (Å²) in [6.07, 6.45) is -0.246. The minimum absolute atomic E-state index is 0.0235. The summed E-state index contributed by atoms with van der Waals surface area (Å²) in [6, 6.07) is 12.9. The van der Waals surface area contributed by atoms with E-state index < -0.39 is 29.1 Å². The molecule has 3 N–H and O–H groups in total. The van der Waals surface area contributed by atoms with E-state index in [4.69, 9.17) is 11.6 Å². The molecule has 1 atom stereocenters. The summed E-state index contributed by atoms with van der Waals surface area (Å²) in [5.41, 5.74) is 0.327. The first-order valence-electron chi connectivity index (χ1n) is 9.28. The molecular formula is C21H16ClFN4O3S. The maximum Gasteiger partial charge on any atom is 0.257 e. The number of carbonyl (C=O) groups is 2. The van der Waals surface area contributed by atoms with Crippen LogP contribution in [-0.4, -0.2) is 21.8 Å². The van der Waals surface area contributed by atoms with Crippen LogP contribution < -0.4 is 16.2 Å². The molecule has 3 aromatic rings. The number of H-pyrrole nitrogens is 1. The average Bonchev–Trinajstić information content (AvgIpc) is 2.74. The zero-order valence-electron chi connectivity index (χ0n) is 15.9. The Hall–Kier alpha value is -3.17. The molecule has 4 rings (SSSR count). The van der Waals surface area contributed by atoms with Gasteiger partial charge >= 0.3 is 0 Å². The van der Waals surface area contributed by atoms with Crippen molar-refractivity contribution in [3.63, 3.8) is 0 Å². The number of para-hydroxylation sites is 1. The number of benzene rings is 2. The molecule has 2 aromatic carbocycles. The summed E-state index contributed by atoms with van der Waals surface area (Å²) < 4.78 is 13.9. The number of halogens is 2. The Bertz CT molecular complexity index is 1230. The van der Waals surface area contributed by atoms with Gasteiger partial charge in [-0.25, -0.2) is 9.37 Å². The Balaban J connectivity index is 1.59. The number of aromatic amines is 1. The highest BCUT2D eigenvalue weighted by atomic mass is 35.5. The average molecular weight is 459 g/mol. The Labute approximate surface area is 185 Å². The van der Waals surface area contributed by atoms with Gasteiger partial charge in [0, 0.05) is 17.2 Å². The third-order valence-corrected chi connectivity index (χ3v) is 5.99. The van der Waals surface area contributed by atoms with E-state index in [1.165, 1.54) is 30.0 Å². The molecule has 0 unspecified atom stereocenters. The second-order valence-corrected chi connectivity index (χ2v) is 8.16. The third-order valence-electron chi connectivity index (χ3n) is 4.70. The standard InChI is InChI=1S/C21H16ClFN4O3S/c22-13-6-2-1-5-11(13)10-31-21-26-18-17(20(30)27-21)12(9-16(28)25-18)19(29)24-15-8-4-3-7-14(15)23/h1-8,12H,9-10H2,(H,24,29)(H2,25,26,27,28,30)/t12-/m0/s1. The zero-order valence-corrected chi connectivity index (χ0v) is 17.5. The lowest BCUT2D eigenvalue weighted by atomic mass is 9.92. The van der Waals surface area contributed by atoms with Crippen molar-refractivity contribution >= 4 is 46.7 Å². The molecule has 0 aliphatic carbocycles. The molecule has 0 bridgehead atoms.